The zero-order valence-electron chi connectivity index (χ0n) is 17.3. The second-order valence-corrected chi connectivity index (χ2v) is 8.06. The van der Waals surface area contributed by atoms with E-state index in [-0.39, 0.29) is 17.7 Å². The van der Waals surface area contributed by atoms with Crippen LogP contribution in [0.2, 0.25) is 5.02 Å². The van der Waals surface area contributed by atoms with E-state index in [4.69, 9.17) is 25.8 Å². The van der Waals surface area contributed by atoms with Crippen molar-refractivity contribution in [3.05, 3.63) is 59.1 Å². The molecule has 3 aromatic carbocycles. The molecule has 3 aromatic rings. The third-order valence-electron chi connectivity index (χ3n) is 4.74. The summed E-state index contributed by atoms with van der Waals surface area (Å²) in [6, 6.07) is 15.2. The minimum Gasteiger partial charge on any atom is -0.493 e. The fraction of sp³-hybridized carbons (Fsp3) is 0.261. The monoisotopic (exact) mass is 445 g/mol. The summed E-state index contributed by atoms with van der Waals surface area (Å²) in [6.07, 6.45) is 0. The lowest BCUT2D eigenvalue weighted by Crippen LogP contribution is -2.28. The molecule has 5 nitrogen and oxygen atoms in total. The smallest absolute Gasteiger partial charge is 0.230 e. The number of hydrogen-bond acceptors (Lipinski definition) is 5. The summed E-state index contributed by atoms with van der Waals surface area (Å²) in [6.45, 7) is 1.91. The maximum atomic E-state index is 12.6. The van der Waals surface area contributed by atoms with Crippen molar-refractivity contribution in [2.45, 2.75) is 17.9 Å². The predicted octanol–water partition coefficient (Wildman–Crippen LogP) is 5.49. The number of thioether (sulfide) groups is 1. The van der Waals surface area contributed by atoms with Crippen molar-refractivity contribution >= 4 is 40.0 Å². The number of methoxy groups -OCH3 is 3. The van der Waals surface area contributed by atoms with E-state index in [9.17, 15) is 4.79 Å². The molecule has 0 spiro atoms. The molecule has 0 fully saturated rings. The van der Waals surface area contributed by atoms with E-state index in [0.717, 1.165) is 21.2 Å². The summed E-state index contributed by atoms with van der Waals surface area (Å²) in [5.41, 5.74) is 0.857. The highest BCUT2D eigenvalue weighted by Crippen LogP contribution is 2.39. The molecule has 0 aromatic heterocycles. The van der Waals surface area contributed by atoms with Crippen LogP contribution in [-0.2, 0) is 4.79 Å². The van der Waals surface area contributed by atoms with Crippen LogP contribution in [0, 0.1) is 0 Å². The lowest BCUT2D eigenvalue weighted by Gasteiger charge is -2.19. The van der Waals surface area contributed by atoms with Crippen molar-refractivity contribution in [2.75, 3.05) is 27.1 Å². The van der Waals surface area contributed by atoms with Crippen LogP contribution in [0.4, 0.5) is 0 Å². The van der Waals surface area contributed by atoms with Gasteiger partial charge in [-0.25, -0.2) is 0 Å². The van der Waals surface area contributed by atoms with Gasteiger partial charge in [0.15, 0.2) is 11.5 Å². The first kappa shape index (κ1) is 22.1. The third kappa shape index (κ3) is 4.77. The molecule has 1 amide bonds. The second kappa shape index (κ2) is 9.96. The Morgan fingerprint density at radius 3 is 2.27 bits per heavy atom. The standard InChI is InChI=1S/C23H24ClNO4S/c1-14(16-11-18(27-2)23(29-4)19(12-16)28-3)25-21(26)13-30-20-10-6-8-15-7-5-9-17(24)22(15)20/h5-12,14H,13H2,1-4H3,(H,25,26). The average molecular weight is 446 g/mol. The van der Waals surface area contributed by atoms with Crippen molar-refractivity contribution in [3.63, 3.8) is 0 Å². The third-order valence-corrected chi connectivity index (χ3v) is 6.11. The first-order valence-corrected chi connectivity index (χ1v) is 10.7. The van der Waals surface area contributed by atoms with Gasteiger partial charge >= 0.3 is 0 Å². The fourth-order valence-electron chi connectivity index (χ4n) is 3.24. The molecule has 0 bridgehead atoms. The highest BCUT2D eigenvalue weighted by molar-refractivity contribution is 8.00. The molecule has 0 saturated carbocycles. The predicted molar refractivity (Wildman–Crippen MR) is 122 cm³/mol. The number of halogens is 1. The van der Waals surface area contributed by atoms with Gasteiger partial charge in [0.05, 0.1) is 33.1 Å². The van der Waals surface area contributed by atoms with Gasteiger partial charge in [0.1, 0.15) is 0 Å². The van der Waals surface area contributed by atoms with E-state index in [0.29, 0.717) is 22.3 Å². The van der Waals surface area contributed by atoms with Gasteiger partial charge in [-0.05, 0) is 42.1 Å². The van der Waals surface area contributed by atoms with Gasteiger partial charge in [-0.15, -0.1) is 11.8 Å². The molecule has 3 rings (SSSR count). The van der Waals surface area contributed by atoms with Gasteiger partial charge in [-0.1, -0.05) is 35.9 Å². The number of fused-ring (bicyclic) bond motifs is 1. The molecular formula is C23H24ClNO4S. The molecule has 0 aliphatic rings. The minimum atomic E-state index is -0.233. The normalized spacial score (nSPS) is 11.8. The van der Waals surface area contributed by atoms with Crippen LogP contribution in [-0.4, -0.2) is 33.0 Å². The molecular weight excluding hydrogens is 422 g/mol. The summed E-state index contributed by atoms with van der Waals surface area (Å²) in [5.74, 6) is 1.82. The van der Waals surface area contributed by atoms with E-state index >= 15 is 0 Å². The Balaban J connectivity index is 1.71. The molecule has 0 heterocycles. The molecule has 0 aliphatic carbocycles. The lowest BCUT2D eigenvalue weighted by molar-refractivity contribution is -0.119. The van der Waals surface area contributed by atoms with Crippen LogP contribution in [0.1, 0.15) is 18.5 Å². The number of hydrogen-bond donors (Lipinski definition) is 1. The zero-order chi connectivity index (χ0) is 21.7. The molecule has 0 aliphatic heterocycles. The molecule has 0 saturated heterocycles. The van der Waals surface area contributed by atoms with E-state index in [1.165, 1.54) is 11.8 Å². The molecule has 30 heavy (non-hydrogen) atoms. The summed E-state index contributed by atoms with van der Waals surface area (Å²) >= 11 is 7.84. The van der Waals surface area contributed by atoms with Crippen molar-refractivity contribution in [2.24, 2.45) is 0 Å². The molecule has 1 unspecified atom stereocenters. The van der Waals surface area contributed by atoms with Gasteiger partial charge in [-0.2, -0.15) is 0 Å². The van der Waals surface area contributed by atoms with Gasteiger partial charge in [0.2, 0.25) is 11.7 Å². The molecule has 1 N–H and O–H groups in total. The zero-order valence-corrected chi connectivity index (χ0v) is 18.9. The number of benzene rings is 3. The van der Waals surface area contributed by atoms with Crippen LogP contribution in [0.5, 0.6) is 17.2 Å². The Morgan fingerprint density at radius 1 is 1.03 bits per heavy atom. The van der Waals surface area contributed by atoms with Crippen LogP contribution in [0.15, 0.2) is 53.4 Å². The fourth-order valence-corrected chi connectivity index (χ4v) is 4.50. The first-order chi connectivity index (χ1) is 14.5. The van der Waals surface area contributed by atoms with Crippen LogP contribution < -0.4 is 19.5 Å². The quantitative estimate of drug-likeness (QED) is 0.465. The van der Waals surface area contributed by atoms with E-state index < -0.39 is 0 Å². The van der Waals surface area contributed by atoms with E-state index in [1.54, 1.807) is 21.3 Å². The van der Waals surface area contributed by atoms with E-state index in [1.807, 2.05) is 55.5 Å². The number of carbonyl (C=O) groups is 1. The summed E-state index contributed by atoms with van der Waals surface area (Å²) in [4.78, 5) is 13.6. The molecule has 158 valence electrons. The van der Waals surface area contributed by atoms with E-state index in [2.05, 4.69) is 5.32 Å². The average Bonchev–Trinajstić information content (AvgIpc) is 2.76. The summed E-state index contributed by atoms with van der Waals surface area (Å²) < 4.78 is 16.2. The molecule has 0 radical (unpaired) electrons. The number of amides is 1. The minimum absolute atomic E-state index is 0.0784. The topological polar surface area (TPSA) is 56.8 Å². The van der Waals surface area contributed by atoms with Crippen LogP contribution in [0.3, 0.4) is 0 Å². The van der Waals surface area contributed by atoms with Crippen molar-refractivity contribution < 1.29 is 19.0 Å². The Morgan fingerprint density at radius 2 is 1.67 bits per heavy atom. The highest BCUT2D eigenvalue weighted by Gasteiger charge is 2.18. The maximum Gasteiger partial charge on any atom is 0.230 e. The number of nitrogens with one attached hydrogen (secondary N) is 1. The van der Waals surface area contributed by atoms with Crippen molar-refractivity contribution in [3.8, 4) is 17.2 Å². The van der Waals surface area contributed by atoms with Gasteiger partial charge in [0.25, 0.3) is 0 Å². The van der Waals surface area contributed by atoms with Crippen molar-refractivity contribution in [1.29, 1.82) is 0 Å². The second-order valence-electron chi connectivity index (χ2n) is 6.63. The number of ether oxygens (including phenoxy) is 3. The largest absolute Gasteiger partial charge is 0.493 e. The molecule has 7 heteroatoms. The number of rotatable bonds is 8. The highest BCUT2D eigenvalue weighted by atomic mass is 35.5. The summed E-state index contributed by atoms with van der Waals surface area (Å²) in [5, 5.41) is 5.73. The number of carbonyl (C=O) groups excluding carboxylic acids is 1. The summed E-state index contributed by atoms with van der Waals surface area (Å²) in [7, 11) is 4.69. The van der Waals surface area contributed by atoms with Crippen molar-refractivity contribution in [1.82, 2.24) is 5.32 Å². The lowest BCUT2D eigenvalue weighted by atomic mass is 10.1. The Bertz CT molecular complexity index is 1030. The van der Waals surface area contributed by atoms with Crippen LogP contribution >= 0.6 is 23.4 Å². The van der Waals surface area contributed by atoms with Gasteiger partial charge < -0.3 is 19.5 Å². The SMILES string of the molecule is COc1cc(C(C)NC(=O)CSc2cccc3cccc(Cl)c23)cc(OC)c1OC. The Hall–Kier alpha value is -2.57. The Labute approximate surface area is 185 Å². The maximum absolute atomic E-state index is 12.6. The first-order valence-electron chi connectivity index (χ1n) is 9.37. The van der Waals surface area contributed by atoms with Gasteiger partial charge in [-0.3, -0.25) is 4.79 Å². The van der Waals surface area contributed by atoms with Gasteiger partial charge in [0, 0.05) is 15.3 Å². The van der Waals surface area contributed by atoms with Crippen LogP contribution in [0.25, 0.3) is 10.8 Å². The molecule has 1 atom stereocenters. The Kier molecular flexibility index (Phi) is 7.34.